The first kappa shape index (κ1) is 18.1. The van der Waals surface area contributed by atoms with Gasteiger partial charge < -0.3 is 19.9 Å². The van der Waals surface area contributed by atoms with Crippen LogP contribution in [0.5, 0.6) is 17.2 Å². The fourth-order valence-corrected chi connectivity index (χ4v) is 2.56. The maximum Gasteiger partial charge on any atom is 0.171 e. The van der Waals surface area contributed by atoms with Crippen molar-refractivity contribution in [3.05, 3.63) is 53.6 Å². The number of benzene rings is 2. The summed E-state index contributed by atoms with van der Waals surface area (Å²) in [4.78, 5) is 0.273. The molecule has 2 rings (SSSR count). The van der Waals surface area contributed by atoms with E-state index in [0.717, 1.165) is 5.75 Å². The monoisotopic (exact) mass is 345 g/mol. The van der Waals surface area contributed by atoms with Gasteiger partial charge in [0.2, 0.25) is 0 Å². The quantitative estimate of drug-likeness (QED) is 0.581. The molecule has 0 aromatic heterocycles. The molecule has 4 nitrogen and oxygen atoms in total. The number of rotatable bonds is 8. The molecule has 24 heavy (non-hydrogen) atoms. The third-order valence-electron chi connectivity index (χ3n) is 3.59. The number of hydrogen-bond donors (Lipinski definition) is 1. The van der Waals surface area contributed by atoms with Gasteiger partial charge in [0.05, 0.1) is 12.7 Å². The van der Waals surface area contributed by atoms with E-state index in [1.54, 1.807) is 7.11 Å². The Kier molecular flexibility index (Phi) is 6.44. The number of methoxy groups -OCH3 is 1. The summed E-state index contributed by atoms with van der Waals surface area (Å²) in [5.41, 5.74) is 7.59. The smallest absolute Gasteiger partial charge is 0.171 e. The third kappa shape index (κ3) is 4.38. The zero-order valence-corrected chi connectivity index (χ0v) is 15.1. The topological polar surface area (TPSA) is 53.7 Å². The molecule has 0 atom stereocenters. The Morgan fingerprint density at radius 3 is 2.33 bits per heavy atom. The summed E-state index contributed by atoms with van der Waals surface area (Å²) in [7, 11) is 1.58. The van der Waals surface area contributed by atoms with E-state index in [-0.39, 0.29) is 4.99 Å². The molecule has 0 heterocycles. The molecular formula is C19H23NO3S. The largest absolute Gasteiger partial charge is 0.493 e. The van der Waals surface area contributed by atoms with E-state index in [9.17, 15) is 0 Å². The maximum absolute atomic E-state index is 5.86. The molecular weight excluding hydrogens is 322 g/mol. The lowest BCUT2D eigenvalue weighted by Gasteiger charge is -2.16. The number of thiocarbonyl (C=S) groups is 1. The minimum Gasteiger partial charge on any atom is -0.493 e. The van der Waals surface area contributed by atoms with Crippen LogP contribution in [0, 0.1) is 0 Å². The van der Waals surface area contributed by atoms with E-state index >= 15 is 0 Å². The number of ether oxygens (including phenoxy) is 3. The van der Waals surface area contributed by atoms with E-state index in [2.05, 4.69) is 19.9 Å². The number of hydrogen-bond acceptors (Lipinski definition) is 4. The molecule has 0 aliphatic rings. The first-order valence-electron chi connectivity index (χ1n) is 7.86. The van der Waals surface area contributed by atoms with Gasteiger partial charge in [0.15, 0.2) is 11.5 Å². The van der Waals surface area contributed by atoms with Crippen LogP contribution >= 0.6 is 12.2 Å². The highest BCUT2D eigenvalue weighted by atomic mass is 32.1. The van der Waals surface area contributed by atoms with E-state index in [1.165, 1.54) is 5.56 Å². The van der Waals surface area contributed by atoms with Gasteiger partial charge in [0, 0.05) is 0 Å². The summed E-state index contributed by atoms with van der Waals surface area (Å²) in [5, 5.41) is 0. The summed E-state index contributed by atoms with van der Waals surface area (Å²) < 4.78 is 17.0. The zero-order valence-electron chi connectivity index (χ0n) is 14.2. The molecule has 0 amide bonds. The first-order valence-corrected chi connectivity index (χ1v) is 8.26. The van der Waals surface area contributed by atoms with Gasteiger partial charge in [-0.2, -0.15) is 0 Å². The standard InChI is InChI=1S/C19H23NO3S/c1-13(2)14-7-4-5-9-16(14)22-11-12-23-18-15(19(20)24)8-6-10-17(18)21-3/h4-10,13H,11-12H2,1-3H3,(H2,20,24). The van der Waals surface area contributed by atoms with E-state index in [1.807, 2.05) is 36.4 Å². The van der Waals surface area contributed by atoms with Crippen LogP contribution in [0.3, 0.4) is 0 Å². The molecule has 0 aliphatic carbocycles. The lowest BCUT2D eigenvalue weighted by atomic mass is 10.0. The molecule has 5 heteroatoms. The normalized spacial score (nSPS) is 10.5. The third-order valence-corrected chi connectivity index (χ3v) is 3.81. The molecule has 0 saturated carbocycles. The Morgan fingerprint density at radius 2 is 1.67 bits per heavy atom. The molecule has 0 bridgehead atoms. The summed E-state index contributed by atoms with van der Waals surface area (Å²) >= 11 is 5.07. The summed E-state index contributed by atoms with van der Waals surface area (Å²) in [5.74, 6) is 2.43. The van der Waals surface area contributed by atoms with Gasteiger partial charge >= 0.3 is 0 Å². The Morgan fingerprint density at radius 1 is 1.00 bits per heavy atom. The Labute approximate surface area is 148 Å². The van der Waals surface area contributed by atoms with Gasteiger partial charge in [-0.05, 0) is 29.7 Å². The van der Waals surface area contributed by atoms with E-state index in [0.29, 0.717) is 36.2 Å². The summed E-state index contributed by atoms with van der Waals surface area (Å²) in [6.07, 6.45) is 0. The second-order valence-electron chi connectivity index (χ2n) is 5.59. The lowest BCUT2D eigenvalue weighted by molar-refractivity contribution is 0.209. The van der Waals surface area contributed by atoms with Crippen molar-refractivity contribution in [1.29, 1.82) is 0 Å². The van der Waals surface area contributed by atoms with Gasteiger partial charge in [-0.1, -0.05) is 50.3 Å². The lowest BCUT2D eigenvalue weighted by Crippen LogP contribution is -2.15. The molecule has 2 aromatic carbocycles. The van der Waals surface area contributed by atoms with Crippen molar-refractivity contribution in [2.75, 3.05) is 20.3 Å². The molecule has 0 saturated heterocycles. The SMILES string of the molecule is COc1cccc(C(N)=S)c1OCCOc1ccccc1C(C)C. The van der Waals surface area contributed by atoms with Crippen molar-refractivity contribution in [3.63, 3.8) is 0 Å². The Bertz CT molecular complexity index is 701. The molecule has 2 aromatic rings. The highest BCUT2D eigenvalue weighted by Crippen LogP contribution is 2.31. The van der Waals surface area contributed by atoms with E-state index < -0.39 is 0 Å². The minimum atomic E-state index is 0.273. The highest BCUT2D eigenvalue weighted by Gasteiger charge is 2.13. The van der Waals surface area contributed by atoms with E-state index in [4.69, 9.17) is 32.2 Å². The molecule has 0 radical (unpaired) electrons. The van der Waals surface area contributed by atoms with Crippen LogP contribution in [-0.2, 0) is 0 Å². The summed E-state index contributed by atoms with van der Waals surface area (Å²) in [6, 6.07) is 13.5. The van der Waals surface area contributed by atoms with Gasteiger partial charge in [-0.15, -0.1) is 0 Å². The van der Waals surface area contributed by atoms with Gasteiger partial charge in [0.1, 0.15) is 24.0 Å². The Hall–Kier alpha value is -2.27. The van der Waals surface area contributed by atoms with Crippen LogP contribution in [0.25, 0.3) is 0 Å². The molecule has 0 aliphatic heterocycles. The van der Waals surface area contributed by atoms with Crippen molar-refractivity contribution in [2.45, 2.75) is 19.8 Å². The molecule has 2 N–H and O–H groups in total. The van der Waals surface area contributed by atoms with Crippen LogP contribution in [0.2, 0.25) is 0 Å². The van der Waals surface area contributed by atoms with Crippen molar-refractivity contribution >= 4 is 17.2 Å². The molecule has 128 valence electrons. The van der Waals surface area contributed by atoms with Gasteiger partial charge in [0.25, 0.3) is 0 Å². The van der Waals surface area contributed by atoms with Crippen LogP contribution in [-0.4, -0.2) is 25.3 Å². The predicted octanol–water partition coefficient (Wildman–Crippen LogP) is 3.91. The second-order valence-corrected chi connectivity index (χ2v) is 6.03. The molecule has 0 fully saturated rings. The van der Waals surface area contributed by atoms with Crippen LogP contribution in [0.4, 0.5) is 0 Å². The zero-order chi connectivity index (χ0) is 17.5. The van der Waals surface area contributed by atoms with Crippen molar-refractivity contribution in [3.8, 4) is 17.2 Å². The Balaban J connectivity index is 2.02. The molecule has 0 unspecified atom stereocenters. The van der Waals surface area contributed by atoms with Crippen LogP contribution in [0.15, 0.2) is 42.5 Å². The van der Waals surface area contributed by atoms with Crippen LogP contribution < -0.4 is 19.9 Å². The van der Waals surface area contributed by atoms with Gasteiger partial charge in [-0.25, -0.2) is 0 Å². The van der Waals surface area contributed by atoms with Crippen molar-refractivity contribution < 1.29 is 14.2 Å². The first-order chi connectivity index (χ1) is 11.5. The van der Waals surface area contributed by atoms with Crippen LogP contribution in [0.1, 0.15) is 30.9 Å². The molecule has 0 spiro atoms. The van der Waals surface area contributed by atoms with Crippen molar-refractivity contribution in [2.24, 2.45) is 5.73 Å². The van der Waals surface area contributed by atoms with Gasteiger partial charge in [-0.3, -0.25) is 0 Å². The predicted molar refractivity (Wildman–Crippen MR) is 100 cm³/mol. The fraction of sp³-hybridized carbons (Fsp3) is 0.316. The number of nitrogens with two attached hydrogens (primary N) is 1. The van der Waals surface area contributed by atoms with Crippen molar-refractivity contribution in [1.82, 2.24) is 0 Å². The maximum atomic E-state index is 5.86. The fourth-order valence-electron chi connectivity index (χ4n) is 2.40. The average Bonchev–Trinajstić information content (AvgIpc) is 2.58. The summed E-state index contributed by atoms with van der Waals surface area (Å²) in [6.45, 7) is 5.06. The number of para-hydroxylation sites is 2. The average molecular weight is 345 g/mol. The second kappa shape index (κ2) is 8.55. The minimum absolute atomic E-state index is 0.273. The highest BCUT2D eigenvalue weighted by molar-refractivity contribution is 7.80.